The van der Waals surface area contributed by atoms with Crippen molar-refractivity contribution in [2.75, 3.05) is 19.8 Å². The molecule has 23 heavy (non-hydrogen) atoms. The fraction of sp³-hybridized carbons (Fsp3) is 0.211. The topological polar surface area (TPSA) is 47.6 Å². The van der Waals surface area contributed by atoms with E-state index in [4.69, 9.17) is 9.47 Å². The van der Waals surface area contributed by atoms with Gasteiger partial charge >= 0.3 is 0 Å². The summed E-state index contributed by atoms with van der Waals surface area (Å²) in [6, 6.07) is 17.1. The molecule has 0 spiro atoms. The Bertz CT molecular complexity index is 621. The molecule has 0 saturated heterocycles. The Morgan fingerprint density at radius 3 is 2.39 bits per heavy atom. The number of carbonyl (C=O) groups is 1. The highest BCUT2D eigenvalue weighted by atomic mass is 16.5. The minimum Gasteiger partial charge on any atom is -0.494 e. The Morgan fingerprint density at radius 1 is 1.00 bits per heavy atom. The van der Waals surface area contributed by atoms with E-state index in [1.165, 1.54) is 6.08 Å². The molecular weight excluding hydrogens is 290 g/mol. The molecule has 0 aliphatic rings. The van der Waals surface area contributed by atoms with Crippen LogP contribution in [0.25, 0.3) is 6.08 Å². The van der Waals surface area contributed by atoms with Crippen LogP contribution < -0.4 is 14.8 Å². The number of rotatable bonds is 8. The first-order valence-electron chi connectivity index (χ1n) is 7.64. The number of carbonyl (C=O) groups excluding carboxylic acids is 1. The van der Waals surface area contributed by atoms with E-state index in [9.17, 15) is 4.79 Å². The lowest BCUT2D eigenvalue weighted by atomic mass is 10.2. The van der Waals surface area contributed by atoms with Gasteiger partial charge in [-0.1, -0.05) is 30.3 Å². The van der Waals surface area contributed by atoms with E-state index in [1.807, 2.05) is 61.5 Å². The molecule has 0 bridgehead atoms. The van der Waals surface area contributed by atoms with Crippen LogP contribution in [0.3, 0.4) is 0 Å². The van der Waals surface area contributed by atoms with Gasteiger partial charge in [0.1, 0.15) is 18.1 Å². The highest BCUT2D eigenvalue weighted by molar-refractivity contribution is 5.91. The molecule has 0 radical (unpaired) electrons. The lowest BCUT2D eigenvalue weighted by Crippen LogP contribution is -2.26. The Labute approximate surface area is 136 Å². The molecule has 2 rings (SSSR count). The number of nitrogens with one attached hydrogen (secondary N) is 1. The Balaban J connectivity index is 1.69. The number of amides is 1. The zero-order valence-electron chi connectivity index (χ0n) is 13.2. The smallest absolute Gasteiger partial charge is 0.244 e. The summed E-state index contributed by atoms with van der Waals surface area (Å²) in [5.41, 5.74) is 0.948. The molecule has 0 saturated carbocycles. The first kappa shape index (κ1) is 16.6. The van der Waals surface area contributed by atoms with E-state index in [0.717, 1.165) is 17.1 Å². The number of para-hydroxylation sites is 1. The van der Waals surface area contributed by atoms with Crippen molar-refractivity contribution in [1.29, 1.82) is 0 Å². The number of ether oxygens (including phenoxy) is 2. The van der Waals surface area contributed by atoms with Gasteiger partial charge in [0.25, 0.3) is 0 Å². The molecular formula is C19H21NO3. The van der Waals surface area contributed by atoms with Crippen LogP contribution in [0, 0.1) is 0 Å². The number of hydrogen-bond donors (Lipinski definition) is 1. The van der Waals surface area contributed by atoms with E-state index >= 15 is 0 Å². The highest BCUT2D eigenvalue weighted by Crippen LogP contribution is 2.13. The second kappa shape index (κ2) is 9.30. The second-order valence-corrected chi connectivity index (χ2v) is 4.79. The van der Waals surface area contributed by atoms with Gasteiger partial charge in [-0.05, 0) is 42.8 Å². The largest absolute Gasteiger partial charge is 0.494 e. The number of benzene rings is 2. The van der Waals surface area contributed by atoms with Crippen LogP contribution >= 0.6 is 0 Å². The lowest BCUT2D eigenvalue weighted by molar-refractivity contribution is -0.116. The molecule has 4 heteroatoms. The molecule has 1 amide bonds. The molecule has 0 unspecified atom stereocenters. The van der Waals surface area contributed by atoms with Gasteiger partial charge in [-0.15, -0.1) is 0 Å². The van der Waals surface area contributed by atoms with E-state index < -0.39 is 0 Å². The zero-order valence-corrected chi connectivity index (χ0v) is 13.2. The van der Waals surface area contributed by atoms with Crippen molar-refractivity contribution in [1.82, 2.24) is 5.32 Å². The molecule has 2 aromatic rings. The predicted octanol–water partition coefficient (Wildman–Crippen LogP) is 3.29. The Hall–Kier alpha value is -2.75. The van der Waals surface area contributed by atoms with Crippen LogP contribution in [0.1, 0.15) is 12.5 Å². The van der Waals surface area contributed by atoms with Gasteiger partial charge in [0.2, 0.25) is 5.91 Å². The summed E-state index contributed by atoms with van der Waals surface area (Å²) in [6.45, 7) is 3.48. The van der Waals surface area contributed by atoms with Crippen molar-refractivity contribution >= 4 is 12.0 Å². The highest BCUT2D eigenvalue weighted by Gasteiger charge is 1.97. The molecule has 0 fully saturated rings. The lowest BCUT2D eigenvalue weighted by Gasteiger charge is -2.06. The molecule has 0 aromatic heterocycles. The molecule has 0 aliphatic carbocycles. The average molecular weight is 311 g/mol. The van der Waals surface area contributed by atoms with Crippen LogP contribution in [-0.4, -0.2) is 25.7 Å². The van der Waals surface area contributed by atoms with Gasteiger partial charge in [0, 0.05) is 6.08 Å². The van der Waals surface area contributed by atoms with Gasteiger partial charge < -0.3 is 14.8 Å². The third-order valence-corrected chi connectivity index (χ3v) is 3.03. The van der Waals surface area contributed by atoms with Crippen molar-refractivity contribution in [2.24, 2.45) is 0 Å². The number of hydrogen-bond acceptors (Lipinski definition) is 3. The molecule has 1 N–H and O–H groups in total. The molecule has 0 atom stereocenters. The predicted molar refractivity (Wildman–Crippen MR) is 91.6 cm³/mol. The van der Waals surface area contributed by atoms with Gasteiger partial charge in [-0.3, -0.25) is 4.79 Å². The van der Waals surface area contributed by atoms with Crippen LogP contribution in [0.4, 0.5) is 0 Å². The van der Waals surface area contributed by atoms with E-state index in [0.29, 0.717) is 19.8 Å². The first-order valence-corrected chi connectivity index (χ1v) is 7.64. The van der Waals surface area contributed by atoms with Crippen molar-refractivity contribution in [3.05, 3.63) is 66.2 Å². The van der Waals surface area contributed by atoms with Crippen molar-refractivity contribution in [2.45, 2.75) is 6.92 Å². The van der Waals surface area contributed by atoms with Gasteiger partial charge in [-0.25, -0.2) is 0 Å². The fourth-order valence-corrected chi connectivity index (χ4v) is 1.93. The molecule has 2 aromatic carbocycles. The summed E-state index contributed by atoms with van der Waals surface area (Å²) in [5, 5.41) is 2.78. The fourth-order valence-electron chi connectivity index (χ4n) is 1.93. The summed E-state index contributed by atoms with van der Waals surface area (Å²) in [4.78, 5) is 11.7. The Kier molecular flexibility index (Phi) is 6.72. The van der Waals surface area contributed by atoms with Gasteiger partial charge in [-0.2, -0.15) is 0 Å². The Morgan fingerprint density at radius 2 is 1.70 bits per heavy atom. The van der Waals surface area contributed by atoms with Crippen LogP contribution in [0.15, 0.2) is 60.7 Å². The molecule has 4 nitrogen and oxygen atoms in total. The van der Waals surface area contributed by atoms with Crippen molar-refractivity contribution in [3.8, 4) is 11.5 Å². The van der Waals surface area contributed by atoms with Crippen molar-refractivity contribution < 1.29 is 14.3 Å². The molecule has 0 heterocycles. The van der Waals surface area contributed by atoms with Crippen LogP contribution in [0.2, 0.25) is 0 Å². The normalized spacial score (nSPS) is 10.5. The first-order chi connectivity index (χ1) is 11.3. The maximum absolute atomic E-state index is 11.7. The van der Waals surface area contributed by atoms with E-state index in [2.05, 4.69) is 5.32 Å². The molecule has 0 aliphatic heterocycles. The standard InChI is InChI=1S/C19H21NO3/c1-2-22-18-11-8-16(9-12-18)10-13-19(21)20-14-15-23-17-6-4-3-5-7-17/h3-13H,2,14-15H2,1H3,(H,20,21). The average Bonchev–Trinajstić information content (AvgIpc) is 2.59. The minimum absolute atomic E-state index is 0.143. The summed E-state index contributed by atoms with van der Waals surface area (Å²) < 4.78 is 10.9. The van der Waals surface area contributed by atoms with Crippen molar-refractivity contribution in [3.63, 3.8) is 0 Å². The maximum atomic E-state index is 11.7. The van der Waals surface area contributed by atoms with Crippen LogP contribution in [0.5, 0.6) is 11.5 Å². The quantitative estimate of drug-likeness (QED) is 0.601. The van der Waals surface area contributed by atoms with E-state index in [1.54, 1.807) is 6.08 Å². The zero-order chi connectivity index (χ0) is 16.3. The third kappa shape index (κ3) is 6.26. The SMILES string of the molecule is CCOc1ccc(C=CC(=O)NCCOc2ccccc2)cc1. The molecule has 120 valence electrons. The van der Waals surface area contributed by atoms with Gasteiger partial charge in [0.05, 0.1) is 13.2 Å². The third-order valence-electron chi connectivity index (χ3n) is 3.03. The van der Waals surface area contributed by atoms with Gasteiger partial charge in [0.15, 0.2) is 0 Å². The second-order valence-electron chi connectivity index (χ2n) is 4.79. The maximum Gasteiger partial charge on any atom is 0.244 e. The monoisotopic (exact) mass is 311 g/mol. The van der Waals surface area contributed by atoms with Crippen LogP contribution in [-0.2, 0) is 4.79 Å². The summed E-state index contributed by atoms with van der Waals surface area (Å²) in [6.07, 6.45) is 3.28. The summed E-state index contributed by atoms with van der Waals surface area (Å²) in [5.74, 6) is 1.48. The summed E-state index contributed by atoms with van der Waals surface area (Å²) in [7, 11) is 0. The summed E-state index contributed by atoms with van der Waals surface area (Å²) >= 11 is 0. The minimum atomic E-state index is -0.143. The van der Waals surface area contributed by atoms with E-state index in [-0.39, 0.29) is 5.91 Å².